The summed E-state index contributed by atoms with van der Waals surface area (Å²) in [6, 6.07) is 13.8. The van der Waals surface area contributed by atoms with Gasteiger partial charge in [-0.2, -0.15) is 0 Å². The van der Waals surface area contributed by atoms with Crippen molar-refractivity contribution in [2.75, 3.05) is 70.9 Å². The van der Waals surface area contributed by atoms with Gasteiger partial charge in [-0.3, -0.25) is 14.5 Å². The van der Waals surface area contributed by atoms with Crippen molar-refractivity contribution in [1.29, 1.82) is 0 Å². The molecule has 0 atom stereocenters. The predicted molar refractivity (Wildman–Crippen MR) is 132 cm³/mol. The molecular formula is C26H35N5O3. The van der Waals surface area contributed by atoms with E-state index in [1.807, 2.05) is 52.3 Å². The third kappa shape index (κ3) is 6.47. The third-order valence-electron chi connectivity index (χ3n) is 6.69. The van der Waals surface area contributed by atoms with Crippen molar-refractivity contribution in [1.82, 2.24) is 19.7 Å². The summed E-state index contributed by atoms with van der Waals surface area (Å²) in [7, 11) is 1.65. The number of carbonyl (C=O) groups excluding carboxylic acids is 2. The molecule has 0 unspecified atom stereocenters. The number of aromatic nitrogens is 1. The van der Waals surface area contributed by atoms with E-state index < -0.39 is 0 Å². The maximum absolute atomic E-state index is 12.9. The van der Waals surface area contributed by atoms with Crippen LogP contribution >= 0.6 is 0 Å². The smallest absolute Gasteiger partial charge is 0.236 e. The van der Waals surface area contributed by atoms with E-state index in [0.717, 1.165) is 75.8 Å². The van der Waals surface area contributed by atoms with Crippen molar-refractivity contribution >= 4 is 17.6 Å². The van der Waals surface area contributed by atoms with Gasteiger partial charge in [-0.1, -0.05) is 18.2 Å². The van der Waals surface area contributed by atoms with Crippen LogP contribution in [0, 0.1) is 0 Å². The summed E-state index contributed by atoms with van der Waals surface area (Å²) in [5, 5.41) is 0. The van der Waals surface area contributed by atoms with Crippen LogP contribution in [0.2, 0.25) is 0 Å². The zero-order valence-electron chi connectivity index (χ0n) is 20.1. The largest absolute Gasteiger partial charge is 0.497 e. The molecule has 0 aliphatic carbocycles. The van der Waals surface area contributed by atoms with Gasteiger partial charge in [-0.15, -0.1) is 0 Å². The molecule has 1 aromatic heterocycles. The van der Waals surface area contributed by atoms with E-state index in [1.54, 1.807) is 13.3 Å². The molecule has 4 rings (SSSR count). The fourth-order valence-corrected chi connectivity index (χ4v) is 4.60. The number of hydrogen-bond donors (Lipinski definition) is 0. The summed E-state index contributed by atoms with van der Waals surface area (Å²) in [4.78, 5) is 38.4. The van der Waals surface area contributed by atoms with Gasteiger partial charge in [0.1, 0.15) is 11.6 Å². The van der Waals surface area contributed by atoms with Crippen LogP contribution in [-0.2, 0) is 16.0 Å². The summed E-state index contributed by atoms with van der Waals surface area (Å²) in [6.45, 7) is 6.52. The van der Waals surface area contributed by atoms with Crippen LogP contribution in [0.3, 0.4) is 0 Å². The van der Waals surface area contributed by atoms with Gasteiger partial charge < -0.3 is 19.4 Å². The Morgan fingerprint density at radius 3 is 2.29 bits per heavy atom. The minimum atomic E-state index is 0.181. The zero-order valence-corrected chi connectivity index (χ0v) is 20.1. The van der Waals surface area contributed by atoms with Gasteiger partial charge in [-0.05, 0) is 42.7 Å². The molecule has 2 aromatic rings. The molecule has 0 saturated carbocycles. The lowest BCUT2D eigenvalue weighted by molar-refractivity contribution is -0.132. The van der Waals surface area contributed by atoms with Crippen LogP contribution < -0.4 is 9.64 Å². The van der Waals surface area contributed by atoms with E-state index in [1.165, 1.54) is 0 Å². The van der Waals surface area contributed by atoms with Crippen molar-refractivity contribution in [2.24, 2.45) is 0 Å². The highest BCUT2D eigenvalue weighted by molar-refractivity contribution is 5.79. The first kappa shape index (κ1) is 24.0. The Balaban J connectivity index is 1.18. The molecule has 2 aliphatic rings. The van der Waals surface area contributed by atoms with E-state index in [4.69, 9.17) is 4.74 Å². The molecule has 0 spiro atoms. The lowest BCUT2D eigenvalue weighted by atomic mass is 10.1. The summed E-state index contributed by atoms with van der Waals surface area (Å²) in [5.74, 6) is 2.17. The number of methoxy groups -OCH3 is 1. The fraction of sp³-hybridized carbons (Fsp3) is 0.500. The minimum Gasteiger partial charge on any atom is -0.497 e. The number of benzene rings is 1. The average Bonchev–Trinajstić information content (AvgIpc) is 3.14. The van der Waals surface area contributed by atoms with Crippen molar-refractivity contribution in [3.8, 4) is 5.75 Å². The third-order valence-corrected chi connectivity index (χ3v) is 6.69. The van der Waals surface area contributed by atoms with Crippen LogP contribution in [0.5, 0.6) is 5.75 Å². The molecule has 0 bridgehead atoms. The molecule has 0 radical (unpaired) electrons. The van der Waals surface area contributed by atoms with Gasteiger partial charge in [0.05, 0.1) is 13.7 Å². The summed E-state index contributed by atoms with van der Waals surface area (Å²) >= 11 is 0. The Morgan fingerprint density at radius 1 is 0.853 bits per heavy atom. The van der Waals surface area contributed by atoms with Crippen LogP contribution in [0.25, 0.3) is 0 Å². The highest BCUT2D eigenvalue weighted by atomic mass is 16.5. The van der Waals surface area contributed by atoms with Crippen molar-refractivity contribution in [3.05, 3.63) is 54.2 Å². The fourth-order valence-electron chi connectivity index (χ4n) is 4.60. The minimum absolute atomic E-state index is 0.181. The van der Waals surface area contributed by atoms with Crippen molar-refractivity contribution < 1.29 is 14.3 Å². The monoisotopic (exact) mass is 465 g/mol. The number of hydrogen-bond acceptors (Lipinski definition) is 6. The Labute approximate surface area is 202 Å². The summed E-state index contributed by atoms with van der Waals surface area (Å²) < 4.78 is 5.19. The molecule has 1 aromatic carbocycles. The number of anilines is 1. The lowest BCUT2D eigenvalue weighted by Gasteiger charge is -2.36. The van der Waals surface area contributed by atoms with Gasteiger partial charge in [0.2, 0.25) is 11.8 Å². The maximum Gasteiger partial charge on any atom is 0.236 e. The molecule has 2 aliphatic heterocycles. The van der Waals surface area contributed by atoms with Gasteiger partial charge in [0, 0.05) is 65.0 Å². The normalized spacial score (nSPS) is 17.4. The van der Waals surface area contributed by atoms with Gasteiger partial charge >= 0.3 is 0 Å². The molecule has 8 heteroatoms. The van der Waals surface area contributed by atoms with E-state index in [0.29, 0.717) is 19.5 Å². The first-order valence-corrected chi connectivity index (χ1v) is 12.2. The molecule has 2 saturated heterocycles. The van der Waals surface area contributed by atoms with Gasteiger partial charge in [0.15, 0.2) is 0 Å². The number of ether oxygens (including phenoxy) is 1. The second-order valence-corrected chi connectivity index (χ2v) is 8.91. The van der Waals surface area contributed by atoms with E-state index in [9.17, 15) is 9.59 Å². The first-order chi connectivity index (χ1) is 16.6. The molecule has 2 amide bonds. The molecule has 182 valence electrons. The Bertz CT molecular complexity index is 929. The van der Waals surface area contributed by atoms with E-state index >= 15 is 0 Å². The van der Waals surface area contributed by atoms with Crippen LogP contribution in [0.15, 0.2) is 48.7 Å². The van der Waals surface area contributed by atoms with E-state index in [-0.39, 0.29) is 11.8 Å². The summed E-state index contributed by atoms with van der Waals surface area (Å²) in [5.41, 5.74) is 1.14. The quantitative estimate of drug-likeness (QED) is 0.622. The second kappa shape index (κ2) is 11.8. The zero-order chi connectivity index (χ0) is 23.8. The van der Waals surface area contributed by atoms with Crippen LogP contribution in [0.4, 0.5) is 5.82 Å². The number of carbonyl (C=O) groups is 2. The predicted octanol–water partition coefficient (Wildman–Crippen LogP) is 1.91. The van der Waals surface area contributed by atoms with Crippen molar-refractivity contribution in [3.63, 3.8) is 0 Å². The number of nitrogens with zero attached hydrogens (tertiary/aromatic N) is 5. The molecular weight excluding hydrogens is 430 g/mol. The first-order valence-electron chi connectivity index (χ1n) is 12.2. The highest BCUT2D eigenvalue weighted by Crippen LogP contribution is 2.15. The Hall–Kier alpha value is -3.13. The Morgan fingerprint density at radius 2 is 1.59 bits per heavy atom. The average molecular weight is 466 g/mol. The number of piperazine rings is 1. The molecule has 0 N–H and O–H groups in total. The second-order valence-electron chi connectivity index (χ2n) is 8.91. The molecule has 8 nitrogen and oxygen atoms in total. The Kier molecular flexibility index (Phi) is 8.36. The molecule has 3 heterocycles. The van der Waals surface area contributed by atoms with Gasteiger partial charge in [0.25, 0.3) is 0 Å². The van der Waals surface area contributed by atoms with Crippen molar-refractivity contribution in [2.45, 2.75) is 19.3 Å². The molecule has 2 fully saturated rings. The summed E-state index contributed by atoms with van der Waals surface area (Å²) in [6.07, 6.45) is 3.94. The standard InChI is InChI=1S/C26H35N5O3/c1-34-23-9-6-22(7-10-23)8-11-25(32)30-14-4-13-28(15-16-30)21-26(33)31-19-17-29(18-20-31)24-5-2-3-12-27-24/h2-3,5-7,9-10,12H,4,8,11,13-21H2,1H3. The molecule has 34 heavy (non-hydrogen) atoms. The van der Waals surface area contributed by atoms with Crippen LogP contribution in [-0.4, -0.2) is 97.5 Å². The highest BCUT2D eigenvalue weighted by Gasteiger charge is 2.25. The SMILES string of the molecule is COc1ccc(CCC(=O)N2CCCN(CC(=O)N3CCN(c4ccccn4)CC3)CC2)cc1. The number of amides is 2. The van der Waals surface area contributed by atoms with Crippen LogP contribution in [0.1, 0.15) is 18.4 Å². The number of aryl methyl sites for hydroxylation is 1. The van der Waals surface area contributed by atoms with E-state index in [2.05, 4.69) is 14.8 Å². The van der Waals surface area contributed by atoms with Gasteiger partial charge in [-0.25, -0.2) is 4.98 Å². The topological polar surface area (TPSA) is 69.2 Å². The lowest BCUT2D eigenvalue weighted by Crippen LogP contribution is -2.51. The maximum atomic E-state index is 12.9. The number of rotatable bonds is 7. The number of pyridine rings is 1.